The van der Waals surface area contributed by atoms with E-state index in [1.807, 2.05) is 22.8 Å². The average Bonchev–Trinajstić information content (AvgIpc) is 3.08. The van der Waals surface area contributed by atoms with E-state index in [4.69, 9.17) is 15.2 Å². The lowest BCUT2D eigenvalue weighted by Crippen LogP contribution is -2.03. The summed E-state index contributed by atoms with van der Waals surface area (Å²) < 4.78 is 15.9. The minimum absolute atomic E-state index is 0.192. The zero-order chi connectivity index (χ0) is 20.1. The minimum atomic E-state index is 0.192. The Bertz CT molecular complexity index is 997. The number of benzene rings is 1. The fraction of sp³-hybridized carbons (Fsp3) is 0.316. The van der Waals surface area contributed by atoms with Crippen molar-refractivity contribution in [3.8, 4) is 11.5 Å². The van der Waals surface area contributed by atoms with Crippen LogP contribution >= 0.6 is 11.9 Å². The molecule has 0 unspecified atom stereocenters. The first kappa shape index (κ1) is 19.8. The highest BCUT2D eigenvalue weighted by atomic mass is 32.2. The van der Waals surface area contributed by atoms with Gasteiger partial charge in [0.25, 0.3) is 0 Å². The number of allylic oxidation sites excluding steroid dienone is 2. The molecule has 8 nitrogen and oxygen atoms in total. The highest BCUT2D eigenvalue weighted by Crippen LogP contribution is 2.34. The normalized spacial score (nSPS) is 10.7. The number of nitrogens with two attached hydrogens (primary N) is 1. The van der Waals surface area contributed by atoms with Gasteiger partial charge in [-0.15, -0.1) is 0 Å². The molecule has 0 aliphatic carbocycles. The Kier molecular flexibility index (Phi) is 6.25. The molecule has 0 fully saturated rings. The second-order valence-electron chi connectivity index (χ2n) is 6.33. The summed E-state index contributed by atoms with van der Waals surface area (Å²) in [5.74, 6) is 2.21. The van der Waals surface area contributed by atoms with Crippen LogP contribution in [0.25, 0.3) is 11.2 Å². The van der Waals surface area contributed by atoms with Crippen molar-refractivity contribution >= 4 is 34.9 Å². The van der Waals surface area contributed by atoms with Crippen molar-refractivity contribution < 1.29 is 9.47 Å². The van der Waals surface area contributed by atoms with E-state index in [1.165, 1.54) is 17.5 Å². The number of hydrogen-bond acceptors (Lipinski definition) is 8. The van der Waals surface area contributed by atoms with Gasteiger partial charge in [0, 0.05) is 6.54 Å². The van der Waals surface area contributed by atoms with Gasteiger partial charge in [0.2, 0.25) is 5.95 Å². The van der Waals surface area contributed by atoms with Crippen molar-refractivity contribution in [2.24, 2.45) is 0 Å². The SMILES string of the molecule is COc1ccc(OC)c(SNc2nc(N)nc3c2ncn3CCC=C(C)C)c1. The third-order valence-corrected chi connectivity index (χ3v) is 4.87. The van der Waals surface area contributed by atoms with Crippen LogP contribution in [0.5, 0.6) is 11.5 Å². The van der Waals surface area contributed by atoms with Crippen LogP contribution in [-0.4, -0.2) is 33.7 Å². The number of imidazole rings is 1. The van der Waals surface area contributed by atoms with Crippen LogP contribution in [0, 0.1) is 0 Å². The average molecular weight is 401 g/mol. The fourth-order valence-electron chi connectivity index (χ4n) is 2.66. The van der Waals surface area contributed by atoms with Crippen molar-refractivity contribution in [1.82, 2.24) is 19.5 Å². The number of nitrogens with one attached hydrogen (secondary N) is 1. The van der Waals surface area contributed by atoms with E-state index in [1.54, 1.807) is 20.5 Å². The van der Waals surface area contributed by atoms with E-state index >= 15 is 0 Å². The van der Waals surface area contributed by atoms with Gasteiger partial charge in [-0.2, -0.15) is 9.97 Å². The van der Waals surface area contributed by atoms with Crippen molar-refractivity contribution in [2.75, 3.05) is 24.7 Å². The summed E-state index contributed by atoms with van der Waals surface area (Å²) in [4.78, 5) is 14.0. The van der Waals surface area contributed by atoms with Gasteiger partial charge in [0.1, 0.15) is 11.5 Å². The Morgan fingerprint density at radius 2 is 2.07 bits per heavy atom. The molecular weight excluding hydrogens is 376 g/mol. The third kappa shape index (κ3) is 4.48. The van der Waals surface area contributed by atoms with Gasteiger partial charge in [0.15, 0.2) is 17.0 Å². The number of fused-ring (bicyclic) bond motifs is 1. The number of anilines is 2. The van der Waals surface area contributed by atoms with Crippen LogP contribution in [0.4, 0.5) is 11.8 Å². The first-order chi connectivity index (χ1) is 13.5. The number of hydrogen-bond donors (Lipinski definition) is 2. The quantitative estimate of drug-likeness (QED) is 0.434. The Morgan fingerprint density at radius 1 is 1.25 bits per heavy atom. The van der Waals surface area contributed by atoms with Crippen molar-refractivity contribution in [1.29, 1.82) is 0 Å². The number of aryl methyl sites for hydroxylation is 1. The summed E-state index contributed by atoms with van der Waals surface area (Å²) in [7, 11) is 3.25. The molecule has 0 saturated carbocycles. The second-order valence-corrected chi connectivity index (χ2v) is 7.18. The van der Waals surface area contributed by atoms with Crippen molar-refractivity contribution in [3.05, 3.63) is 36.2 Å². The van der Waals surface area contributed by atoms with E-state index in [0.717, 1.165) is 29.4 Å². The summed E-state index contributed by atoms with van der Waals surface area (Å²) in [6.45, 7) is 4.94. The third-order valence-electron chi connectivity index (χ3n) is 4.03. The molecule has 0 aliphatic rings. The number of nitrogens with zero attached hydrogens (tertiary/aromatic N) is 4. The van der Waals surface area contributed by atoms with Crippen molar-refractivity contribution in [3.63, 3.8) is 0 Å². The van der Waals surface area contributed by atoms with Crippen LogP contribution in [0.2, 0.25) is 0 Å². The molecule has 148 valence electrons. The van der Waals surface area contributed by atoms with Gasteiger partial charge in [-0.05, 0) is 50.4 Å². The maximum atomic E-state index is 5.93. The largest absolute Gasteiger partial charge is 0.497 e. The van der Waals surface area contributed by atoms with E-state index in [9.17, 15) is 0 Å². The Morgan fingerprint density at radius 3 is 2.79 bits per heavy atom. The lowest BCUT2D eigenvalue weighted by atomic mass is 10.3. The minimum Gasteiger partial charge on any atom is -0.497 e. The van der Waals surface area contributed by atoms with Gasteiger partial charge in [-0.25, -0.2) is 4.98 Å². The highest BCUT2D eigenvalue weighted by molar-refractivity contribution is 8.00. The van der Waals surface area contributed by atoms with Gasteiger partial charge < -0.3 is 24.5 Å². The van der Waals surface area contributed by atoms with Crippen LogP contribution < -0.4 is 19.9 Å². The predicted octanol–water partition coefficient (Wildman–Crippen LogP) is 3.90. The topological polar surface area (TPSA) is 100 Å². The molecule has 1 aromatic carbocycles. The summed E-state index contributed by atoms with van der Waals surface area (Å²) in [6.07, 6.45) is 4.84. The van der Waals surface area contributed by atoms with Gasteiger partial charge >= 0.3 is 0 Å². The lowest BCUT2D eigenvalue weighted by Gasteiger charge is -2.11. The Balaban J connectivity index is 1.86. The molecule has 2 heterocycles. The highest BCUT2D eigenvalue weighted by Gasteiger charge is 2.14. The predicted molar refractivity (Wildman–Crippen MR) is 113 cm³/mol. The number of methoxy groups -OCH3 is 2. The molecule has 3 N–H and O–H groups in total. The number of nitrogen functional groups attached to an aromatic ring is 1. The maximum Gasteiger partial charge on any atom is 0.224 e. The molecule has 0 bridgehead atoms. The monoisotopic (exact) mass is 400 g/mol. The van der Waals surface area contributed by atoms with Gasteiger partial charge in [-0.1, -0.05) is 11.6 Å². The summed E-state index contributed by atoms with van der Waals surface area (Å²) >= 11 is 1.35. The molecule has 3 aromatic rings. The first-order valence-corrected chi connectivity index (χ1v) is 9.60. The van der Waals surface area contributed by atoms with E-state index < -0.39 is 0 Å². The molecule has 0 spiro atoms. The maximum absolute atomic E-state index is 5.93. The standard InChI is InChI=1S/C19H24N6O2S/c1-12(2)6-5-9-25-11-21-16-17(22-19(20)23-18(16)25)24-28-15-10-13(26-3)7-8-14(15)27-4/h6-8,10-11H,5,9H2,1-4H3,(H3,20,22,23,24). The van der Waals surface area contributed by atoms with Gasteiger partial charge in [0.05, 0.1) is 25.4 Å². The molecule has 0 radical (unpaired) electrons. The lowest BCUT2D eigenvalue weighted by molar-refractivity contribution is 0.394. The number of ether oxygens (including phenoxy) is 2. The van der Waals surface area contributed by atoms with E-state index in [2.05, 4.69) is 39.6 Å². The molecule has 2 aromatic heterocycles. The summed E-state index contributed by atoms with van der Waals surface area (Å²) in [5.41, 5.74) is 8.58. The molecule has 28 heavy (non-hydrogen) atoms. The van der Waals surface area contributed by atoms with Crippen LogP contribution in [0.15, 0.2) is 41.1 Å². The zero-order valence-corrected chi connectivity index (χ0v) is 17.2. The second kappa shape index (κ2) is 8.83. The first-order valence-electron chi connectivity index (χ1n) is 8.78. The number of rotatable bonds is 8. The molecule has 3 rings (SSSR count). The molecule has 0 aliphatic heterocycles. The molecule has 9 heteroatoms. The van der Waals surface area contributed by atoms with Gasteiger partial charge in [-0.3, -0.25) is 0 Å². The van der Waals surface area contributed by atoms with Crippen LogP contribution in [0.3, 0.4) is 0 Å². The molecule has 0 atom stereocenters. The van der Waals surface area contributed by atoms with Crippen molar-refractivity contribution in [2.45, 2.75) is 31.7 Å². The Labute approximate surface area is 168 Å². The molecule has 0 saturated heterocycles. The summed E-state index contributed by atoms with van der Waals surface area (Å²) in [5, 5.41) is 0. The fourth-order valence-corrected chi connectivity index (χ4v) is 3.43. The number of aromatic nitrogens is 4. The molecular formula is C19H24N6O2S. The van der Waals surface area contributed by atoms with E-state index in [0.29, 0.717) is 17.0 Å². The molecule has 0 amide bonds. The Hall–Kier alpha value is -2.94. The van der Waals surface area contributed by atoms with E-state index in [-0.39, 0.29) is 5.95 Å². The smallest absolute Gasteiger partial charge is 0.224 e. The van der Waals surface area contributed by atoms with Crippen LogP contribution in [0.1, 0.15) is 20.3 Å². The zero-order valence-electron chi connectivity index (χ0n) is 16.4. The van der Waals surface area contributed by atoms with Crippen LogP contribution in [-0.2, 0) is 6.54 Å². The summed E-state index contributed by atoms with van der Waals surface area (Å²) in [6, 6.07) is 5.58.